The first kappa shape index (κ1) is 56.3. The lowest BCUT2D eigenvalue weighted by atomic mass is 9.96. The molecule has 3 aliphatic rings. The number of carbonyl (C=O) groups is 1. The van der Waals surface area contributed by atoms with Gasteiger partial charge in [0.05, 0.1) is 38.6 Å². The molecule has 3 rings (SSSR count). The molecule has 0 aromatic heterocycles. The van der Waals surface area contributed by atoms with E-state index in [-0.39, 0.29) is 18.9 Å². The number of hydrogen-bond donors (Lipinski definition) is 12. The summed E-state index contributed by atoms with van der Waals surface area (Å²) in [5, 5.41) is 119. The fourth-order valence-electron chi connectivity index (χ4n) is 7.67. The van der Waals surface area contributed by atoms with Crippen molar-refractivity contribution in [1.29, 1.82) is 0 Å². The van der Waals surface area contributed by atoms with Crippen molar-refractivity contribution < 1.29 is 89.4 Å². The molecule has 372 valence electrons. The molecule has 0 aromatic carbocycles. The monoisotopic (exact) mass is 922 g/mol. The Labute approximate surface area is 377 Å². The van der Waals surface area contributed by atoms with Gasteiger partial charge in [0.25, 0.3) is 0 Å². The predicted molar refractivity (Wildman–Crippen MR) is 231 cm³/mol. The van der Waals surface area contributed by atoms with E-state index in [9.17, 15) is 61.0 Å². The van der Waals surface area contributed by atoms with Crippen LogP contribution in [-0.2, 0) is 33.2 Å². The molecule has 0 spiro atoms. The first-order chi connectivity index (χ1) is 30.8. The largest absolute Gasteiger partial charge is 0.394 e. The number of aliphatic hydroxyl groups is 11. The first-order valence-corrected chi connectivity index (χ1v) is 23.2. The number of amides is 1. The van der Waals surface area contributed by atoms with E-state index < -0.39 is 124 Å². The fourth-order valence-corrected chi connectivity index (χ4v) is 7.67. The van der Waals surface area contributed by atoms with Crippen LogP contribution in [0.2, 0.25) is 0 Å². The summed E-state index contributed by atoms with van der Waals surface area (Å²) in [4.78, 5) is 12.7. The topological polar surface area (TPSA) is 307 Å². The second-order valence-corrected chi connectivity index (χ2v) is 16.8. The maximum Gasteiger partial charge on any atom is 0.220 e. The molecule has 64 heavy (non-hydrogen) atoms. The van der Waals surface area contributed by atoms with E-state index in [1.165, 1.54) is 44.9 Å². The van der Waals surface area contributed by atoms with Crippen molar-refractivity contribution in [3.05, 3.63) is 36.5 Å². The molecule has 3 heterocycles. The van der Waals surface area contributed by atoms with Crippen molar-refractivity contribution in [1.82, 2.24) is 5.32 Å². The molecule has 19 nitrogen and oxygen atoms in total. The van der Waals surface area contributed by atoms with Crippen molar-refractivity contribution >= 4 is 5.91 Å². The van der Waals surface area contributed by atoms with Crippen LogP contribution in [0.5, 0.6) is 0 Å². The summed E-state index contributed by atoms with van der Waals surface area (Å²) in [7, 11) is 0. The highest BCUT2D eigenvalue weighted by molar-refractivity contribution is 5.76. The van der Waals surface area contributed by atoms with Crippen LogP contribution >= 0.6 is 0 Å². The number of unbranched alkanes of at least 4 members (excludes halogenated alkanes) is 10. The van der Waals surface area contributed by atoms with E-state index in [1.807, 2.05) is 6.92 Å². The molecule has 0 saturated carbocycles. The minimum absolute atomic E-state index is 0.205. The Hall–Kier alpha value is -1.99. The van der Waals surface area contributed by atoms with Crippen LogP contribution in [0.25, 0.3) is 0 Å². The van der Waals surface area contributed by atoms with Crippen LogP contribution in [0, 0.1) is 0 Å². The molecule has 0 bridgehead atoms. The minimum Gasteiger partial charge on any atom is -0.394 e. The Kier molecular flexibility index (Phi) is 27.4. The summed E-state index contributed by atoms with van der Waals surface area (Å²) in [5.41, 5.74) is 0. The van der Waals surface area contributed by atoms with Gasteiger partial charge in [-0.3, -0.25) is 4.79 Å². The zero-order valence-electron chi connectivity index (χ0n) is 37.5. The number of aliphatic hydroxyl groups excluding tert-OH is 11. The van der Waals surface area contributed by atoms with Crippen molar-refractivity contribution in [3.8, 4) is 0 Å². The normalized spacial score (nSPS) is 34.8. The summed E-state index contributed by atoms with van der Waals surface area (Å²) in [6.07, 6.45) is 0.298. The second-order valence-electron chi connectivity index (χ2n) is 16.8. The predicted octanol–water partition coefficient (Wildman–Crippen LogP) is -0.143. The fraction of sp³-hybridized carbons (Fsp3) is 0.844. The van der Waals surface area contributed by atoms with Gasteiger partial charge in [-0.2, -0.15) is 0 Å². The van der Waals surface area contributed by atoms with Crippen molar-refractivity contribution in [3.63, 3.8) is 0 Å². The Morgan fingerprint density at radius 3 is 1.55 bits per heavy atom. The number of hydrogen-bond acceptors (Lipinski definition) is 18. The number of carbonyl (C=O) groups excluding carboxylic acids is 1. The highest BCUT2D eigenvalue weighted by Crippen LogP contribution is 2.33. The highest BCUT2D eigenvalue weighted by atomic mass is 16.8. The molecular formula is C45H79NO18. The van der Waals surface area contributed by atoms with E-state index >= 15 is 0 Å². The Balaban J connectivity index is 1.53. The zero-order valence-corrected chi connectivity index (χ0v) is 37.5. The van der Waals surface area contributed by atoms with Gasteiger partial charge in [0.1, 0.15) is 73.2 Å². The van der Waals surface area contributed by atoms with Gasteiger partial charge < -0.3 is 89.9 Å². The van der Waals surface area contributed by atoms with Crippen molar-refractivity contribution in [2.24, 2.45) is 0 Å². The average molecular weight is 922 g/mol. The Bertz CT molecular complexity index is 1340. The van der Waals surface area contributed by atoms with E-state index in [1.54, 1.807) is 12.2 Å². The van der Waals surface area contributed by atoms with Crippen LogP contribution < -0.4 is 5.32 Å². The maximum absolute atomic E-state index is 12.7. The molecular weight excluding hydrogens is 842 g/mol. The lowest BCUT2D eigenvalue weighted by molar-refractivity contribution is -0.379. The van der Waals surface area contributed by atoms with E-state index in [0.717, 1.165) is 32.1 Å². The van der Waals surface area contributed by atoms with Crippen LogP contribution in [0.3, 0.4) is 0 Å². The van der Waals surface area contributed by atoms with Gasteiger partial charge in [-0.1, -0.05) is 95.2 Å². The minimum atomic E-state index is -1.98. The third-order valence-electron chi connectivity index (χ3n) is 11.7. The smallest absolute Gasteiger partial charge is 0.220 e. The molecule has 12 N–H and O–H groups in total. The Morgan fingerprint density at radius 2 is 1.00 bits per heavy atom. The van der Waals surface area contributed by atoms with Gasteiger partial charge >= 0.3 is 0 Å². The van der Waals surface area contributed by atoms with Gasteiger partial charge in [-0.05, 0) is 44.9 Å². The summed E-state index contributed by atoms with van der Waals surface area (Å²) in [6, 6.07) is -0.987. The SMILES string of the molecule is CCCCCCCCC/C=C/CC/C=C/CC/C=C/C(O)C(COC1OC(CO)C(OC2OC(CO)C(OC3OC(CO)C(O)C(O)C3O)C(O)C2O)C(O)C1O)NC(=O)CCCC. The number of allylic oxidation sites excluding steroid dienone is 5. The maximum atomic E-state index is 12.7. The first-order valence-electron chi connectivity index (χ1n) is 23.2. The van der Waals surface area contributed by atoms with Gasteiger partial charge in [0.2, 0.25) is 5.91 Å². The molecule has 17 atom stereocenters. The molecule has 3 aliphatic heterocycles. The molecule has 0 radical (unpaired) electrons. The molecule has 1 amide bonds. The zero-order chi connectivity index (χ0) is 47.0. The average Bonchev–Trinajstić information content (AvgIpc) is 3.29. The number of rotatable bonds is 30. The van der Waals surface area contributed by atoms with E-state index in [4.69, 9.17) is 28.4 Å². The summed E-state index contributed by atoms with van der Waals surface area (Å²) in [5.74, 6) is -0.329. The molecule has 19 heteroatoms. The van der Waals surface area contributed by atoms with Crippen LogP contribution in [0.15, 0.2) is 36.5 Å². The molecule has 0 aliphatic carbocycles. The lowest BCUT2D eigenvalue weighted by Crippen LogP contribution is -2.66. The summed E-state index contributed by atoms with van der Waals surface area (Å²) in [6.45, 7) is 1.36. The van der Waals surface area contributed by atoms with Crippen LogP contribution in [0.4, 0.5) is 0 Å². The molecule has 3 fully saturated rings. The van der Waals surface area contributed by atoms with Crippen molar-refractivity contribution in [2.45, 2.75) is 214 Å². The molecule has 0 aromatic rings. The third-order valence-corrected chi connectivity index (χ3v) is 11.7. The third kappa shape index (κ3) is 17.9. The van der Waals surface area contributed by atoms with Crippen LogP contribution in [0.1, 0.15) is 110 Å². The molecule has 17 unspecified atom stereocenters. The summed E-state index contributed by atoms with van der Waals surface area (Å²) < 4.78 is 33.8. The van der Waals surface area contributed by atoms with Gasteiger partial charge in [0, 0.05) is 6.42 Å². The number of nitrogens with one attached hydrogen (secondary N) is 1. The molecule has 3 saturated heterocycles. The second kappa shape index (κ2) is 31.1. The van der Waals surface area contributed by atoms with E-state index in [2.05, 4.69) is 36.5 Å². The summed E-state index contributed by atoms with van der Waals surface area (Å²) >= 11 is 0. The van der Waals surface area contributed by atoms with E-state index in [0.29, 0.717) is 12.8 Å². The van der Waals surface area contributed by atoms with Gasteiger partial charge in [-0.15, -0.1) is 0 Å². The van der Waals surface area contributed by atoms with Crippen LogP contribution in [-0.4, -0.2) is 193 Å². The highest BCUT2D eigenvalue weighted by Gasteiger charge is 2.53. The lowest BCUT2D eigenvalue weighted by Gasteiger charge is -2.48. The Morgan fingerprint density at radius 1 is 0.547 bits per heavy atom. The quantitative estimate of drug-likeness (QED) is 0.0330. The standard InChI is InChI=1S/C45H79NO18/c1-3-5-7-8-9-10-11-12-13-14-15-16-17-18-19-20-21-22-29(50)28(46-33(51)23-6-4-2)27-59-43-39(57)36(54)41(31(25-48)61-43)64-45-40(58)37(55)42(32(26-49)62-45)63-44-38(56)35(53)34(52)30(24-47)60-44/h13-14,17-18,21-22,28-32,34-45,47-50,52-58H,3-12,15-16,19-20,23-27H2,1-2H3,(H,46,51)/b14-13+,18-17+,22-21+. The van der Waals surface area contributed by atoms with Gasteiger partial charge in [-0.25, -0.2) is 0 Å². The van der Waals surface area contributed by atoms with Gasteiger partial charge in [0.15, 0.2) is 18.9 Å². The number of ether oxygens (including phenoxy) is 6. The van der Waals surface area contributed by atoms with Crippen molar-refractivity contribution in [2.75, 3.05) is 26.4 Å².